The van der Waals surface area contributed by atoms with E-state index in [0.717, 1.165) is 12.0 Å². The first kappa shape index (κ1) is 8.50. The van der Waals surface area contributed by atoms with Crippen molar-refractivity contribution < 1.29 is 0 Å². The van der Waals surface area contributed by atoms with Gasteiger partial charge in [0.05, 0.1) is 0 Å². The smallest absolute Gasteiger partial charge is 0.0289 e. The summed E-state index contributed by atoms with van der Waals surface area (Å²) in [5.74, 6) is 0. The van der Waals surface area contributed by atoms with Crippen molar-refractivity contribution in [2.45, 2.75) is 19.4 Å². The lowest BCUT2D eigenvalue weighted by Gasteiger charge is -2.08. The maximum Gasteiger partial charge on any atom is 0.0289 e. The minimum atomic E-state index is 0.115. The van der Waals surface area contributed by atoms with Gasteiger partial charge in [0, 0.05) is 6.04 Å². The highest BCUT2D eigenvalue weighted by Gasteiger charge is 2.03. The number of thiophene rings is 1. The highest BCUT2D eigenvalue weighted by Crippen LogP contribution is 2.10. The maximum absolute atomic E-state index is 5.81. The molecule has 0 fully saturated rings. The molecule has 0 aliphatic heterocycles. The molecule has 0 saturated heterocycles. The Balaban J connectivity index is 2.50. The molecule has 60 valence electrons. The topological polar surface area (TPSA) is 26.0 Å². The standard InChI is InChI=1S/C9H13NS/c1-7(2)9(10)5-8-3-4-11-6-8/h3-4,6,9H,1,5,10H2,2H3. The van der Waals surface area contributed by atoms with Gasteiger partial charge < -0.3 is 5.73 Å². The van der Waals surface area contributed by atoms with Gasteiger partial charge in [-0.15, -0.1) is 0 Å². The molecule has 1 unspecified atom stereocenters. The van der Waals surface area contributed by atoms with Gasteiger partial charge >= 0.3 is 0 Å². The SMILES string of the molecule is C=C(C)C(N)Cc1ccsc1. The van der Waals surface area contributed by atoms with Crippen LogP contribution in [0.4, 0.5) is 0 Å². The Morgan fingerprint density at radius 1 is 1.82 bits per heavy atom. The zero-order chi connectivity index (χ0) is 8.27. The van der Waals surface area contributed by atoms with Crippen LogP contribution in [0, 0.1) is 0 Å². The molecule has 0 aromatic carbocycles. The maximum atomic E-state index is 5.81. The van der Waals surface area contributed by atoms with E-state index in [4.69, 9.17) is 5.73 Å². The fourth-order valence-electron chi connectivity index (χ4n) is 0.837. The lowest BCUT2D eigenvalue weighted by atomic mass is 10.0. The predicted octanol–water partition coefficient (Wildman–Crippen LogP) is 2.19. The van der Waals surface area contributed by atoms with Crippen LogP contribution >= 0.6 is 11.3 Å². The van der Waals surface area contributed by atoms with Gasteiger partial charge in [0.2, 0.25) is 0 Å². The van der Waals surface area contributed by atoms with Crippen LogP contribution in [-0.4, -0.2) is 6.04 Å². The summed E-state index contributed by atoms with van der Waals surface area (Å²) < 4.78 is 0. The van der Waals surface area contributed by atoms with E-state index in [9.17, 15) is 0 Å². The minimum absolute atomic E-state index is 0.115. The van der Waals surface area contributed by atoms with Crippen LogP contribution < -0.4 is 5.73 Å². The van der Waals surface area contributed by atoms with Gasteiger partial charge in [-0.25, -0.2) is 0 Å². The molecule has 1 aromatic heterocycles. The Kier molecular flexibility index (Phi) is 2.85. The van der Waals surface area contributed by atoms with E-state index in [-0.39, 0.29) is 6.04 Å². The molecule has 2 N–H and O–H groups in total. The summed E-state index contributed by atoms with van der Waals surface area (Å²) in [5.41, 5.74) is 8.18. The van der Waals surface area contributed by atoms with E-state index >= 15 is 0 Å². The van der Waals surface area contributed by atoms with E-state index in [1.807, 2.05) is 6.92 Å². The fraction of sp³-hybridized carbons (Fsp3) is 0.333. The molecule has 1 rings (SSSR count). The normalized spacial score (nSPS) is 12.9. The van der Waals surface area contributed by atoms with Crippen molar-refractivity contribution in [3.63, 3.8) is 0 Å². The van der Waals surface area contributed by atoms with Crippen LogP contribution in [0.2, 0.25) is 0 Å². The molecule has 0 radical (unpaired) electrons. The molecule has 1 heterocycles. The molecule has 0 amide bonds. The van der Waals surface area contributed by atoms with Crippen molar-refractivity contribution in [2.75, 3.05) is 0 Å². The van der Waals surface area contributed by atoms with Gasteiger partial charge in [-0.1, -0.05) is 12.2 Å². The first-order chi connectivity index (χ1) is 5.20. The summed E-state index contributed by atoms with van der Waals surface area (Å²) >= 11 is 1.71. The molecular formula is C9H13NS. The summed E-state index contributed by atoms with van der Waals surface area (Å²) in [4.78, 5) is 0. The Hall–Kier alpha value is -0.600. The molecule has 1 nitrogen and oxygen atoms in total. The Labute approximate surface area is 71.5 Å². The van der Waals surface area contributed by atoms with Crippen LogP contribution in [0.1, 0.15) is 12.5 Å². The van der Waals surface area contributed by atoms with Gasteiger partial charge in [0.15, 0.2) is 0 Å². The molecule has 0 saturated carbocycles. The Morgan fingerprint density at radius 2 is 2.55 bits per heavy atom. The monoisotopic (exact) mass is 167 g/mol. The zero-order valence-corrected chi connectivity index (χ0v) is 7.53. The third-order valence-electron chi connectivity index (χ3n) is 1.67. The van der Waals surface area contributed by atoms with Crippen molar-refractivity contribution in [3.05, 3.63) is 34.5 Å². The lowest BCUT2D eigenvalue weighted by molar-refractivity contribution is 0.769. The average molecular weight is 167 g/mol. The summed E-state index contributed by atoms with van der Waals surface area (Å²) in [6.07, 6.45) is 0.916. The molecule has 0 bridgehead atoms. The molecule has 1 aromatic rings. The van der Waals surface area contributed by atoms with Gasteiger partial charge in [-0.2, -0.15) is 11.3 Å². The van der Waals surface area contributed by atoms with E-state index in [1.165, 1.54) is 5.56 Å². The van der Waals surface area contributed by atoms with Gasteiger partial charge in [-0.3, -0.25) is 0 Å². The summed E-state index contributed by atoms with van der Waals surface area (Å²) in [7, 11) is 0. The quantitative estimate of drug-likeness (QED) is 0.686. The molecule has 0 aliphatic carbocycles. The van der Waals surface area contributed by atoms with Crippen LogP contribution in [0.25, 0.3) is 0 Å². The van der Waals surface area contributed by atoms with Crippen LogP contribution in [0.15, 0.2) is 29.0 Å². The highest BCUT2D eigenvalue weighted by atomic mass is 32.1. The van der Waals surface area contributed by atoms with E-state index in [0.29, 0.717) is 0 Å². The van der Waals surface area contributed by atoms with Crippen molar-refractivity contribution in [1.29, 1.82) is 0 Å². The molecule has 11 heavy (non-hydrogen) atoms. The Bertz CT molecular complexity index is 226. The second kappa shape index (κ2) is 3.69. The first-order valence-electron chi connectivity index (χ1n) is 3.62. The van der Waals surface area contributed by atoms with E-state index in [1.54, 1.807) is 11.3 Å². The summed E-state index contributed by atoms with van der Waals surface area (Å²) in [6.45, 7) is 5.78. The summed E-state index contributed by atoms with van der Waals surface area (Å²) in [5, 5.41) is 4.20. The second-order valence-corrected chi connectivity index (χ2v) is 3.57. The van der Waals surface area contributed by atoms with Crippen LogP contribution in [0.5, 0.6) is 0 Å². The first-order valence-corrected chi connectivity index (χ1v) is 4.56. The highest BCUT2D eigenvalue weighted by molar-refractivity contribution is 7.07. The molecule has 0 aliphatic rings. The Morgan fingerprint density at radius 3 is 3.00 bits per heavy atom. The van der Waals surface area contributed by atoms with Crippen molar-refractivity contribution >= 4 is 11.3 Å². The zero-order valence-electron chi connectivity index (χ0n) is 6.71. The van der Waals surface area contributed by atoms with E-state index < -0.39 is 0 Å². The van der Waals surface area contributed by atoms with E-state index in [2.05, 4.69) is 23.4 Å². The van der Waals surface area contributed by atoms with Crippen molar-refractivity contribution in [3.8, 4) is 0 Å². The number of rotatable bonds is 3. The molecule has 0 spiro atoms. The molecule has 2 heteroatoms. The minimum Gasteiger partial charge on any atom is -0.324 e. The average Bonchev–Trinajstić information content (AvgIpc) is 2.39. The number of nitrogens with two attached hydrogens (primary N) is 1. The number of hydrogen-bond acceptors (Lipinski definition) is 2. The van der Waals surface area contributed by atoms with Crippen molar-refractivity contribution in [2.24, 2.45) is 5.73 Å². The predicted molar refractivity (Wildman–Crippen MR) is 50.8 cm³/mol. The molecular weight excluding hydrogens is 154 g/mol. The molecule has 1 atom stereocenters. The second-order valence-electron chi connectivity index (χ2n) is 2.79. The third kappa shape index (κ3) is 2.48. The number of hydrogen-bond donors (Lipinski definition) is 1. The van der Waals surface area contributed by atoms with Crippen molar-refractivity contribution in [1.82, 2.24) is 0 Å². The van der Waals surface area contributed by atoms with Gasteiger partial charge in [0.25, 0.3) is 0 Å². The van der Waals surface area contributed by atoms with Crippen LogP contribution in [0.3, 0.4) is 0 Å². The van der Waals surface area contributed by atoms with Gasteiger partial charge in [0.1, 0.15) is 0 Å². The lowest BCUT2D eigenvalue weighted by Crippen LogP contribution is -2.23. The summed E-state index contributed by atoms with van der Waals surface area (Å²) in [6, 6.07) is 2.22. The van der Waals surface area contributed by atoms with Gasteiger partial charge in [-0.05, 0) is 35.7 Å². The van der Waals surface area contributed by atoms with Crippen LogP contribution in [-0.2, 0) is 6.42 Å². The third-order valence-corrected chi connectivity index (χ3v) is 2.40. The largest absolute Gasteiger partial charge is 0.324 e. The fourth-order valence-corrected chi connectivity index (χ4v) is 1.52.